The van der Waals surface area contributed by atoms with Crippen molar-refractivity contribution in [1.29, 1.82) is 0 Å². The quantitative estimate of drug-likeness (QED) is 0.218. The molecule has 0 saturated heterocycles. The number of rotatable bonds is 6. The van der Waals surface area contributed by atoms with Crippen LogP contribution in [0.25, 0.3) is 0 Å². The number of hydrogen-bond acceptors (Lipinski definition) is 2. The van der Waals surface area contributed by atoms with Gasteiger partial charge in [0.15, 0.2) is 0 Å². The molecule has 0 aromatic heterocycles. The van der Waals surface area contributed by atoms with Crippen molar-refractivity contribution in [2.24, 2.45) is 5.92 Å². The Morgan fingerprint density at radius 2 is 1.61 bits per heavy atom. The van der Waals surface area contributed by atoms with Crippen LogP contribution in [0.4, 0.5) is 33.3 Å². The Morgan fingerprint density at radius 3 is 2.24 bits per heavy atom. The third kappa shape index (κ3) is 5.57. The lowest BCUT2D eigenvalue weighted by atomic mass is 10.0. The number of carbonyl (C=O) groups is 2. The zero-order valence-electron chi connectivity index (χ0n) is 19.0. The molecule has 3 aromatic carbocycles. The highest BCUT2D eigenvalue weighted by molar-refractivity contribution is 6.53. The minimum Gasteiger partial charge on any atom is -0.326 e. The summed E-state index contributed by atoms with van der Waals surface area (Å²) in [5, 5.41) is 4.08. The van der Waals surface area contributed by atoms with Gasteiger partial charge < -0.3 is 10.6 Å². The normalized spacial score (nSPS) is 18.2. The highest BCUT2D eigenvalue weighted by Crippen LogP contribution is 2.66. The van der Waals surface area contributed by atoms with Crippen LogP contribution in [0.5, 0.6) is 0 Å². The summed E-state index contributed by atoms with van der Waals surface area (Å²) < 4.78 is 67.7. The fourth-order valence-corrected chi connectivity index (χ4v) is 5.15. The smallest absolute Gasteiger partial charge is 0.270 e. The van der Waals surface area contributed by atoms with Crippen molar-refractivity contribution in [1.82, 2.24) is 0 Å². The standard InChI is InChI=1S/C25H15Cl4F5N2O2/c1-24(33,34)10-6-14(21(32)16(27)7-10)19-20(25(19,28)29)23(38)35-12-3-4-15(26)13(9-12)22(37)36-18-5-2-11(30)8-17(18)31/h2-9,19-20H,1H3,(H,35,38)(H,36,37). The molecule has 1 saturated carbocycles. The van der Waals surface area contributed by atoms with E-state index in [2.05, 4.69) is 10.6 Å². The first-order chi connectivity index (χ1) is 17.6. The molecule has 0 bridgehead atoms. The van der Waals surface area contributed by atoms with E-state index in [4.69, 9.17) is 46.4 Å². The molecular formula is C25H15Cl4F5N2O2. The monoisotopic (exact) mass is 610 g/mol. The van der Waals surface area contributed by atoms with Crippen molar-refractivity contribution in [3.8, 4) is 0 Å². The van der Waals surface area contributed by atoms with Gasteiger partial charge in [-0.25, -0.2) is 22.0 Å². The predicted molar refractivity (Wildman–Crippen MR) is 136 cm³/mol. The SMILES string of the molecule is CC(F)(F)c1cc(Cl)c(F)c(C2C(C(=O)Nc3ccc(Cl)c(C(=O)Nc4ccc(F)cc4F)c3)C2(Cl)Cl)c1. The maximum absolute atomic E-state index is 14.8. The summed E-state index contributed by atoms with van der Waals surface area (Å²) >= 11 is 24.4. The largest absolute Gasteiger partial charge is 0.326 e. The second-order valence-electron chi connectivity index (χ2n) is 8.64. The Balaban J connectivity index is 1.56. The molecule has 0 radical (unpaired) electrons. The molecule has 1 aliphatic rings. The number of halogens is 9. The molecule has 2 N–H and O–H groups in total. The molecule has 0 heterocycles. The summed E-state index contributed by atoms with van der Waals surface area (Å²) in [4.78, 5) is 25.6. The fourth-order valence-electron chi connectivity index (χ4n) is 3.91. The molecule has 2 atom stereocenters. The van der Waals surface area contributed by atoms with Crippen LogP contribution in [0.1, 0.15) is 34.3 Å². The second-order valence-corrected chi connectivity index (χ2v) is 10.9. The lowest BCUT2D eigenvalue weighted by molar-refractivity contribution is -0.117. The molecular weight excluding hydrogens is 597 g/mol. The topological polar surface area (TPSA) is 58.2 Å². The van der Waals surface area contributed by atoms with Crippen molar-refractivity contribution in [2.45, 2.75) is 23.1 Å². The minimum absolute atomic E-state index is 0.0475. The van der Waals surface area contributed by atoms with Gasteiger partial charge in [0.05, 0.1) is 27.2 Å². The second kappa shape index (κ2) is 10.2. The molecule has 0 aliphatic heterocycles. The number of hydrogen-bond donors (Lipinski definition) is 2. The highest BCUT2D eigenvalue weighted by Gasteiger charge is 2.68. The average Bonchev–Trinajstić information content (AvgIpc) is 3.39. The first-order valence-corrected chi connectivity index (χ1v) is 12.2. The zero-order valence-corrected chi connectivity index (χ0v) is 22.0. The summed E-state index contributed by atoms with van der Waals surface area (Å²) in [5.74, 6) is -10.4. The molecule has 13 heteroatoms. The van der Waals surface area contributed by atoms with E-state index in [-0.39, 0.29) is 27.5 Å². The van der Waals surface area contributed by atoms with Crippen LogP contribution in [0.2, 0.25) is 10.0 Å². The van der Waals surface area contributed by atoms with Gasteiger partial charge >= 0.3 is 0 Å². The van der Waals surface area contributed by atoms with Crippen molar-refractivity contribution < 1.29 is 31.5 Å². The van der Waals surface area contributed by atoms with Crippen LogP contribution < -0.4 is 10.6 Å². The van der Waals surface area contributed by atoms with Crippen LogP contribution in [0.3, 0.4) is 0 Å². The lowest BCUT2D eigenvalue weighted by Crippen LogP contribution is -2.18. The minimum atomic E-state index is -3.35. The third-order valence-electron chi connectivity index (χ3n) is 5.89. The lowest BCUT2D eigenvalue weighted by Gasteiger charge is -2.14. The van der Waals surface area contributed by atoms with E-state index in [1.807, 2.05) is 0 Å². The van der Waals surface area contributed by atoms with Gasteiger partial charge in [-0.2, -0.15) is 0 Å². The van der Waals surface area contributed by atoms with Gasteiger partial charge in [-0.05, 0) is 48.0 Å². The van der Waals surface area contributed by atoms with Crippen molar-refractivity contribution in [2.75, 3.05) is 10.6 Å². The zero-order chi connectivity index (χ0) is 28.2. The molecule has 3 aromatic rings. The Hall–Kier alpha value is -2.59. The Bertz CT molecular complexity index is 1460. The summed E-state index contributed by atoms with van der Waals surface area (Å²) in [6.45, 7) is 0.602. The number of carbonyl (C=O) groups excluding carboxylic acids is 2. The highest BCUT2D eigenvalue weighted by atomic mass is 35.5. The van der Waals surface area contributed by atoms with E-state index in [9.17, 15) is 31.5 Å². The third-order valence-corrected chi connectivity index (χ3v) is 7.44. The molecule has 4 rings (SSSR count). The molecule has 0 spiro atoms. The number of anilines is 2. The first kappa shape index (κ1) is 28.4. The molecule has 2 unspecified atom stereocenters. The first-order valence-electron chi connectivity index (χ1n) is 10.7. The average molecular weight is 612 g/mol. The summed E-state index contributed by atoms with van der Waals surface area (Å²) in [6, 6.07) is 7.97. The van der Waals surface area contributed by atoms with E-state index in [1.165, 1.54) is 18.2 Å². The summed E-state index contributed by atoms with van der Waals surface area (Å²) in [5.41, 5.74) is -1.36. The molecule has 1 fully saturated rings. The fraction of sp³-hybridized carbons (Fsp3) is 0.200. The van der Waals surface area contributed by atoms with Crippen LogP contribution in [0.15, 0.2) is 48.5 Å². The summed E-state index contributed by atoms with van der Waals surface area (Å²) in [7, 11) is 0. The van der Waals surface area contributed by atoms with Crippen LogP contribution >= 0.6 is 46.4 Å². The van der Waals surface area contributed by atoms with Crippen LogP contribution in [-0.4, -0.2) is 16.1 Å². The van der Waals surface area contributed by atoms with E-state index in [1.54, 1.807) is 0 Å². The van der Waals surface area contributed by atoms with E-state index in [0.717, 1.165) is 24.3 Å². The Morgan fingerprint density at radius 1 is 0.921 bits per heavy atom. The van der Waals surface area contributed by atoms with E-state index < -0.39 is 61.9 Å². The molecule has 2 amide bonds. The summed E-state index contributed by atoms with van der Waals surface area (Å²) in [6.07, 6.45) is 0. The van der Waals surface area contributed by atoms with E-state index in [0.29, 0.717) is 13.0 Å². The molecule has 1 aliphatic carbocycles. The molecule has 200 valence electrons. The van der Waals surface area contributed by atoms with Gasteiger partial charge in [-0.15, -0.1) is 23.2 Å². The predicted octanol–water partition coefficient (Wildman–Crippen LogP) is 8.30. The maximum Gasteiger partial charge on any atom is 0.270 e. The Labute approximate surface area is 233 Å². The van der Waals surface area contributed by atoms with Crippen LogP contribution in [-0.2, 0) is 10.7 Å². The van der Waals surface area contributed by atoms with Crippen molar-refractivity contribution in [3.05, 3.63) is 92.7 Å². The number of amides is 2. The maximum atomic E-state index is 14.8. The number of nitrogens with one attached hydrogen (secondary N) is 2. The van der Waals surface area contributed by atoms with Gasteiger partial charge in [0.1, 0.15) is 21.8 Å². The number of alkyl halides is 4. The van der Waals surface area contributed by atoms with Gasteiger partial charge in [0, 0.05) is 30.2 Å². The molecule has 4 nitrogen and oxygen atoms in total. The van der Waals surface area contributed by atoms with Gasteiger partial charge in [0.25, 0.3) is 11.8 Å². The number of benzene rings is 3. The van der Waals surface area contributed by atoms with Crippen molar-refractivity contribution in [3.63, 3.8) is 0 Å². The van der Waals surface area contributed by atoms with Crippen LogP contribution in [0, 0.1) is 23.4 Å². The van der Waals surface area contributed by atoms with Crippen molar-refractivity contribution >= 4 is 69.6 Å². The molecule has 38 heavy (non-hydrogen) atoms. The van der Waals surface area contributed by atoms with Gasteiger partial charge in [0.2, 0.25) is 5.91 Å². The van der Waals surface area contributed by atoms with Gasteiger partial charge in [-0.3, -0.25) is 9.59 Å². The van der Waals surface area contributed by atoms with Gasteiger partial charge in [-0.1, -0.05) is 23.2 Å². The van der Waals surface area contributed by atoms with E-state index >= 15 is 0 Å². The Kier molecular flexibility index (Phi) is 7.62.